The van der Waals surface area contributed by atoms with Gasteiger partial charge in [0.25, 0.3) is 0 Å². The molecule has 0 aliphatic carbocycles. The van der Waals surface area contributed by atoms with Gasteiger partial charge in [-0.3, -0.25) is 0 Å². The highest BCUT2D eigenvalue weighted by Gasteiger charge is 2.36. The molecule has 0 bridgehead atoms. The Bertz CT molecular complexity index is 618. The van der Waals surface area contributed by atoms with Crippen LogP contribution in [0.25, 0.3) is 11.0 Å². The number of nitrogen functional groups attached to an aromatic ring is 1. The first-order valence-corrected chi connectivity index (χ1v) is 6.78. The first-order chi connectivity index (χ1) is 9.11. The molecule has 8 nitrogen and oxygen atoms in total. The Labute approximate surface area is 121 Å². The monoisotopic (exact) mass is 377 g/mol. The van der Waals surface area contributed by atoms with E-state index in [1.54, 1.807) is 4.68 Å². The summed E-state index contributed by atoms with van der Waals surface area (Å²) in [5, 5.41) is 23.9. The van der Waals surface area contributed by atoms with Gasteiger partial charge in [-0.15, -0.1) is 0 Å². The SMILES string of the molecule is Nc1ncnc2c1c(I)nn2[C@H]1CC(O)[C@@H](CO)O1. The maximum atomic E-state index is 9.77. The first-order valence-electron chi connectivity index (χ1n) is 5.70. The topological polar surface area (TPSA) is 119 Å². The number of aliphatic hydroxyl groups excluding tert-OH is 2. The molecule has 4 N–H and O–H groups in total. The van der Waals surface area contributed by atoms with Gasteiger partial charge in [-0.1, -0.05) is 0 Å². The molecule has 0 aromatic carbocycles. The Morgan fingerprint density at radius 2 is 2.32 bits per heavy atom. The van der Waals surface area contributed by atoms with Crippen LogP contribution in [0, 0.1) is 3.70 Å². The van der Waals surface area contributed by atoms with E-state index >= 15 is 0 Å². The second kappa shape index (κ2) is 4.81. The molecule has 1 aliphatic heterocycles. The van der Waals surface area contributed by atoms with Crippen molar-refractivity contribution in [3.05, 3.63) is 10.0 Å². The van der Waals surface area contributed by atoms with E-state index in [1.165, 1.54) is 6.33 Å². The summed E-state index contributed by atoms with van der Waals surface area (Å²) >= 11 is 2.05. The summed E-state index contributed by atoms with van der Waals surface area (Å²) in [6.45, 7) is -0.231. The lowest BCUT2D eigenvalue weighted by Gasteiger charge is -2.12. The van der Waals surface area contributed by atoms with Crippen LogP contribution in [0.5, 0.6) is 0 Å². The number of hydrogen-bond acceptors (Lipinski definition) is 7. The maximum absolute atomic E-state index is 9.77. The Balaban J connectivity index is 2.05. The number of aromatic nitrogens is 4. The number of halogens is 1. The van der Waals surface area contributed by atoms with E-state index in [0.717, 1.165) is 0 Å². The molecule has 0 amide bonds. The number of nitrogens with zero attached hydrogens (tertiary/aromatic N) is 4. The standard InChI is InChI=1S/C10H12IN5O3/c11-8-7-9(12)13-3-14-10(7)16(15-8)6-1-4(18)5(2-17)19-6/h3-6,17-18H,1-2H2,(H2,12,13,14)/t4?,5-,6-/m1/s1. The lowest BCUT2D eigenvalue weighted by molar-refractivity contribution is -0.0471. The van der Waals surface area contributed by atoms with Crippen molar-refractivity contribution in [3.63, 3.8) is 0 Å². The van der Waals surface area contributed by atoms with Gasteiger partial charge in [0.05, 0.1) is 18.1 Å². The fourth-order valence-corrected chi connectivity index (χ4v) is 2.93. The third kappa shape index (κ3) is 2.06. The van der Waals surface area contributed by atoms with Crippen molar-refractivity contribution in [2.24, 2.45) is 0 Å². The molecule has 2 aromatic heterocycles. The molecule has 3 atom stereocenters. The molecule has 1 saturated heterocycles. The van der Waals surface area contributed by atoms with Crippen molar-refractivity contribution in [2.75, 3.05) is 12.3 Å². The quantitative estimate of drug-likeness (QED) is 0.613. The van der Waals surface area contributed by atoms with Crippen LogP contribution in [0.1, 0.15) is 12.6 Å². The second-order valence-electron chi connectivity index (χ2n) is 4.31. The number of aliphatic hydroxyl groups is 2. The largest absolute Gasteiger partial charge is 0.394 e. The average molecular weight is 377 g/mol. The van der Waals surface area contributed by atoms with Crippen LogP contribution in [-0.4, -0.2) is 48.8 Å². The van der Waals surface area contributed by atoms with Crippen molar-refractivity contribution >= 4 is 39.4 Å². The molecule has 1 unspecified atom stereocenters. The van der Waals surface area contributed by atoms with Gasteiger partial charge in [-0.2, -0.15) is 5.10 Å². The zero-order valence-electron chi connectivity index (χ0n) is 9.77. The number of fused-ring (bicyclic) bond motifs is 1. The van der Waals surface area contributed by atoms with Gasteiger partial charge in [-0.05, 0) is 22.6 Å². The van der Waals surface area contributed by atoms with Crippen LogP contribution in [0.3, 0.4) is 0 Å². The fraction of sp³-hybridized carbons (Fsp3) is 0.500. The van der Waals surface area contributed by atoms with Crippen LogP contribution < -0.4 is 5.73 Å². The molecule has 0 spiro atoms. The number of hydrogen-bond donors (Lipinski definition) is 3. The minimum Gasteiger partial charge on any atom is -0.394 e. The van der Waals surface area contributed by atoms with Gasteiger partial charge in [0.15, 0.2) is 11.9 Å². The van der Waals surface area contributed by atoms with Crippen LogP contribution >= 0.6 is 22.6 Å². The number of nitrogens with two attached hydrogens (primary N) is 1. The third-order valence-corrected chi connectivity index (χ3v) is 3.89. The zero-order valence-corrected chi connectivity index (χ0v) is 11.9. The lowest BCUT2D eigenvalue weighted by Crippen LogP contribution is -2.24. The van der Waals surface area contributed by atoms with E-state index in [1.807, 2.05) is 0 Å². The third-order valence-electron chi connectivity index (χ3n) is 3.13. The summed E-state index contributed by atoms with van der Waals surface area (Å²) in [4.78, 5) is 8.10. The van der Waals surface area contributed by atoms with Crippen molar-refractivity contribution < 1.29 is 14.9 Å². The van der Waals surface area contributed by atoms with Crippen molar-refractivity contribution in [3.8, 4) is 0 Å². The van der Waals surface area contributed by atoms with Crippen molar-refractivity contribution in [1.29, 1.82) is 0 Å². The summed E-state index contributed by atoms with van der Waals surface area (Å²) in [6.07, 6.45) is -0.0670. The molecular formula is C10H12IN5O3. The van der Waals surface area contributed by atoms with E-state index in [-0.39, 0.29) is 6.61 Å². The van der Waals surface area contributed by atoms with Gasteiger partial charge in [0.1, 0.15) is 21.9 Å². The summed E-state index contributed by atoms with van der Waals surface area (Å²) < 4.78 is 7.82. The smallest absolute Gasteiger partial charge is 0.167 e. The van der Waals surface area contributed by atoms with Crippen LogP contribution in [0.2, 0.25) is 0 Å². The molecule has 3 rings (SSSR count). The Morgan fingerprint density at radius 3 is 3.00 bits per heavy atom. The van der Waals surface area contributed by atoms with Crippen molar-refractivity contribution in [2.45, 2.75) is 24.9 Å². The highest BCUT2D eigenvalue weighted by Crippen LogP contribution is 2.32. The Morgan fingerprint density at radius 1 is 1.53 bits per heavy atom. The Hall–Kier alpha value is -1.04. The summed E-state index contributed by atoms with van der Waals surface area (Å²) in [5.74, 6) is 0.359. The summed E-state index contributed by atoms with van der Waals surface area (Å²) in [6, 6.07) is 0. The predicted molar refractivity (Wildman–Crippen MR) is 74.1 cm³/mol. The number of rotatable bonds is 2. The highest BCUT2D eigenvalue weighted by molar-refractivity contribution is 14.1. The van der Waals surface area contributed by atoms with Gasteiger partial charge in [0.2, 0.25) is 0 Å². The molecule has 3 heterocycles. The van der Waals surface area contributed by atoms with Crippen LogP contribution in [0.4, 0.5) is 5.82 Å². The lowest BCUT2D eigenvalue weighted by atomic mass is 10.2. The minimum absolute atomic E-state index is 0.231. The van der Waals surface area contributed by atoms with Crippen molar-refractivity contribution in [1.82, 2.24) is 19.7 Å². The zero-order chi connectivity index (χ0) is 13.6. The van der Waals surface area contributed by atoms with E-state index in [0.29, 0.717) is 27.0 Å². The van der Waals surface area contributed by atoms with Crippen LogP contribution in [0.15, 0.2) is 6.33 Å². The molecule has 1 fully saturated rings. The highest BCUT2D eigenvalue weighted by atomic mass is 127. The normalized spacial score (nSPS) is 27.2. The molecule has 19 heavy (non-hydrogen) atoms. The van der Waals surface area contributed by atoms with E-state index in [2.05, 4.69) is 37.7 Å². The molecule has 9 heteroatoms. The van der Waals surface area contributed by atoms with E-state index < -0.39 is 18.4 Å². The van der Waals surface area contributed by atoms with Gasteiger partial charge < -0.3 is 20.7 Å². The van der Waals surface area contributed by atoms with Gasteiger partial charge in [0, 0.05) is 6.42 Å². The summed E-state index contributed by atoms with van der Waals surface area (Å²) in [7, 11) is 0. The average Bonchev–Trinajstić information content (AvgIpc) is 2.91. The predicted octanol–water partition coefficient (Wildman–Crippen LogP) is -0.346. The van der Waals surface area contributed by atoms with E-state index in [9.17, 15) is 5.11 Å². The molecular weight excluding hydrogens is 365 g/mol. The van der Waals surface area contributed by atoms with Gasteiger partial charge >= 0.3 is 0 Å². The molecule has 1 aliphatic rings. The minimum atomic E-state index is -0.717. The number of ether oxygens (including phenoxy) is 1. The Kier molecular flexibility index (Phi) is 3.28. The van der Waals surface area contributed by atoms with Gasteiger partial charge in [-0.25, -0.2) is 14.6 Å². The number of anilines is 1. The maximum Gasteiger partial charge on any atom is 0.167 e. The molecule has 102 valence electrons. The molecule has 0 radical (unpaired) electrons. The molecule has 0 saturated carbocycles. The fourth-order valence-electron chi connectivity index (χ4n) is 2.18. The molecule has 2 aromatic rings. The summed E-state index contributed by atoms with van der Waals surface area (Å²) in [5.41, 5.74) is 6.37. The second-order valence-corrected chi connectivity index (χ2v) is 5.33. The van der Waals surface area contributed by atoms with E-state index in [4.69, 9.17) is 15.6 Å². The van der Waals surface area contributed by atoms with Crippen LogP contribution in [-0.2, 0) is 4.74 Å². The first kappa shape index (κ1) is 13.0.